The van der Waals surface area contributed by atoms with E-state index in [1.165, 1.54) is 123 Å². The molecule has 0 amide bonds. The summed E-state index contributed by atoms with van der Waals surface area (Å²) in [6.45, 7) is 12.6. The van der Waals surface area contributed by atoms with Crippen molar-refractivity contribution in [3.63, 3.8) is 0 Å². The van der Waals surface area contributed by atoms with Crippen LogP contribution in [0.3, 0.4) is 0 Å². The van der Waals surface area contributed by atoms with Crippen molar-refractivity contribution >= 4 is 50.3 Å². The minimum Gasteiger partial charge on any atom is -0.508 e. The third-order valence-corrected chi connectivity index (χ3v) is 26.6. The number of aryl methyl sites for hydroxylation is 2. The molecule has 12 aromatic carbocycles. The SMILES string of the molecule is Cc1ccc(/C(=C(\CCCO)c2ccccc2)c2ccc(C3CCC3)cc2)cc1.Cc1ccc(/C(=C(\CCCO)c2ccccc2)c2ccc(N3CCCCC3)cc2)cc1.OCCC/C(=C(\c1ccc(O)cc1)c1ccc(OCCN2CCC[C@@H]2CO)cc1)c1ccccc1.OCCC/C(=C(\c1ccc(O)cc1)c1ccc(OCCN2C[C@H]3C[C@H]3[C@H]2CO)cc1)c1ccccc1. The first-order valence-electron chi connectivity index (χ1n) is 47.8. The van der Waals surface area contributed by atoms with Crippen molar-refractivity contribution in [3.05, 3.63) is 399 Å². The van der Waals surface area contributed by atoms with E-state index in [4.69, 9.17) is 9.47 Å². The van der Waals surface area contributed by atoms with Gasteiger partial charge in [-0.05, 0) is 318 Å². The summed E-state index contributed by atoms with van der Waals surface area (Å²) in [4.78, 5) is 7.17. The molecule has 0 radical (unpaired) electrons. The summed E-state index contributed by atoms with van der Waals surface area (Å²) >= 11 is 0. The van der Waals surface area contributed by atoms with Gasteiger partial charge in [-0.1, -0.05) is 272 Å². The van der Waals surface area contributed by atoms with Gasteiger partial charge in [0.25, 0.3) is 0 Å². The Kier molecular flexibility index (Phi) is 36.0. The minimum atomic E-state index is 0.125. The largest absolute Gasteiger partial charge is 0.508 e. The summed E-state index contributed by atoms with van der Waals surface area (Å²) in [5, 5.41) is 77.2. The van der Waals surface area contributed by atoms with Crippen LogP contribution in [0, 0.1) is 25.7 Å². The summed E-state index contributed by atoms with van der Waals surface area (Å²) in [5.41, 5.74) is 28.8. The van der Waals surface area contributed by atoms with Gasteiger partial charge >= 0.3 is 0 Å². The van der Waals surface area contributed by atoms with Gasteiger partial charge in [-0.15, -0.1) is 0 Å². The van der Waals surface area contributed by atoms with E-state index < -0.39 is 0 Å². The second-order valence-corrected chi connectivity index (χ2v) is 35.5. The van der Waals surface area contributed by atoms with Crippen LogP contribution >= 0.6 is 0 Å². The second kappa shape index (κ2) is 49.5. The zero-order valence-corrected chi connectivity index (χ0v) is 76.6. The summed E-state index contributed by atoms with van der Waals surface area (Å²) < 4.78 is 12.1. The first-order valence-corrected chi connectivity index (χ1v) is 47.8. The van der Waals surface area contributed by atoms with E-state index in [0.29, 0.717) is 38.0 Å². The Labute approximate surface area is 777 Å². The van der Waals surface area contributed by atoms with E-state index in [0.717, 1.165) is 170 Å². The lowest BCUT2D eigenvalue weighted by Crippen LogP contribution is -2.38. The molecule has 3 saturated heterocycles. The highest BCUT2D eigenvalue weighted by atomic mass is 16.5. The lowest BCUT2D eigenvalue weighted by molar-refractivity contribution is 0.120. The number of allylic oxidation sites excluding steroid dienone is 4. The molecule has 17 rings (SSSR count). The van der Waals surface area contributed by atoms with Crippen LogP contribution in [0.15, 0.2) is 315 Å². The highest BCUT2D eigenvalue weighted by Crippen LogP contribution is 2.50. The van der Waals surface area contributed by atoms with Crippen molar-refractivity contribution in [2.24, 2.45) is 11.8 Å². The molecular formula is C118H133N3O10. The first kappa shape index (κ1) is 95.4. The second-order valence-electron chi connectivity index (χ2n) is 35.5. The molecule has 2 saturated carbocycles. The number of phenols is 2. The van der Waals surface area contributed by atoms with Crippen LogP contribution in [0.4, 0.5) is 5.69 Å². The Morgan fingerprint density at radius 3 is 0.992 bits per heavy atom. The van der Waals surface area contributed by atoms with E-state index in [9.17, 15) is 40.9 Å². The molecule has 680 valence electrons. The molecule has 3 aliphatic heterocycles. The summed E-state index contributed by atoms with van der Waals surface area (Å²) in [7, 11) is 0. The standard InChI is InChI=1S/C31H35NO4.C30H35NO4.C29H33NO.C28H30O/c33-17-4-7-28(22-5-2-1-3-6-22)31(23-8-12-26(35)13-9-23)24-10-14-27(15-11-24)36-18-16-32-20-25-19-29(25)30(32)21-34;32-20-5-9-29(23-6-2-1-3-7-23)30(24-10-14-27(34)15-11-24)25-12-16-28(17-13-25)35-21-19-31-18-4-8-26(31)22-33;1-23-12-14-25(15-13-23)29(28(11-8-22-31)24-9-4-2-5-10-24)26-16-18-27(19-17-26)30-20-6-3-7-21-30;1-21-12-14-25(15-13-21)28(26-18-16-23(17-19-26)22-9-5-10-22)27(11-6-20-29)24-7-3-2-4-8-24/h1-3,5-6,8-15,25,29-30,33-35H,4,7,16-21H2;1-3,6-7,10-17,26,32-34H,4-5,8-9,18-22H2;2,4-5,9-10,12-19,31H,3,6-8,11,20-22H2,1H3;2-4,7-8,12-19,22,29H,5-6,9-11,20H2,1H3/b31-28-;30-29-;29-28-;28-27-/t25-,29-,30-;26-;;/m11../s1. The smallest absolute Gasteiger partial charge is 0.119 e. The summed E-state index contributed by atoms with van der Waals surface area (Å²) in [6, 6.07) is 109. The number of fused-ring (bicyclic) bond motifs is 1. The van der Waals surface area contributed by atoms with Gasteiger partial charge in [-0.25, -0.2) is 0 Å². The van der Waals surface area contributed by atoms with E-state index in [1.54, 1.807) is 24.3 Å². The summed E-state index contributed by atoms with van der Waals surface area (Å²) in [5.74, 6) is 4.31. The average molecular weight is 1750 g/mol. The molecule has 0 unspecified atom stereocenters. The Bertz CT molecular complexity index is 5560. The monoisotopic (exact) mass is 1750 g/mol. The Morgan fingerprint density at radius 1 is 0.321 bits per heavy atom. The van der Waals surface area contributed by atoms with Crippen molar-refractivity contribution in [1.29, 1.82) is 0 Å². The van der Waals surface area contributed by atoms with Gasteiger partial charge in [-0.2, -0.15) is 0 Å². The van der Waals surface area contributed by atoms with Crippen molar-refractivity contribution in [2.75, 3.05) is 97.0 Å². The molecule has 4 atom stereocenters. The van der Waals surface area contributed by atoms with Gasteiger partial charge in [-0.3, -0.25) is 9.80 Å². The van der Waals surface area contributed by atoms with Gasteiger partial charge in [0.05, 0.1) is 13.2 Å². The maximum absolute atomic E-state index is 9.87. The third-order valence-electron chi connectivity index (χ3n) is 26.6. The maximum atomic E-state index is 9.87. The van der Waals surface area contributed by atoms with Crippen LogP contribution in [0.25, 0.3) is 44.6 Å². The van der Waals surface area contributed by atoms with Crippen LogP contribution in [-0.4, -0.2) is 155 Å². The van der Waals surface area contributed by atoms with Gasteiger partial charge in [0.15, 0.2) is 0 Å². The fourth-order valence-electron chi connectivity index (χ4n) is 19.2. The number of phenolic OH excluding ortho intramolecular Hbond substituents is 2. The average Bonchev–Trinajstić information content (AvgIpc) is 1.61. The Balaban J connectivity index is 0.000000141. The zero-order chi connectivity index (χ0) is 90.9. The van der Waals surface area contributed by atoms with Crippen molar-refractivity contribution in [2.45, 2.75) is 141 Å². The van der Waals surface area contributed by atoms with Crippen LogP contribution in [0.2, 0.25) is 0 Å². The minimum absolute atomic E-state index is 0.125. The topological polar surface area (TPSA) is 190 Å². The third kappa shape index (κ3) is 26.4. The van der Waals surface area contributed by atoms with Gasteiger partial charge in [0.1, 0.15) is 36.2 Å². The Morgan fingerprint density at radius 2 is 0.656 bits per heavy atom. The highest BCUT2D eigenvalue weighted by molar-refractivity contribution is 6.02. The molecule has 8 N–H and O–H groups in total. The number of nitrogens with zero attached hydrogens (tertiary/aromatic N) is 3. The van der Waals surface area contributed by atoms with E-state index in [2.05, 4.69) is 235 Å². The van der Waals surface area contributed by atoms with Gasteiger partial charge < -0.3 is 55.2 Å². The lowest BCUT2D eigenvalue weighted by atomic mass is 9.79. The van der Waals surface area contributed by atoms with Crippen molar-refractivity contribution in [3.8, 4) is 23.0 Å². The number of benzene rings is 12. The van der Waals surface area contributed by atoms with Gasteiger partial charge in [0.2, 0.25) is 0 Å². The molecule has 13 heteroatoms. The Hall–Kier alpha value is -11.7. The molecular weight excluding hydrogens is 1620 g/mol. The van der Waals surface area contributed by atoms with Crippen LogP contribution in [0.5, 0.6) is 23.0 Å². The molecule has 5 aliphatic rings. The normalized spacial score (nSPS) is 17.3. The molecule has 131 heavy (non-hydrogen) atoms. The molecule has 3 heterocycles. The summed E-state index contributed by atoms with van der Waals surface area (Å²) in [6.07, 6.45) is 17.4. The number of aliphatic hydroxyl groups is 6. The number of rotatable bonds is 36. The van der Waals surface area contributed by atoms with E-state index >= 15 is 0 Å². The van der Waals surface area contributed by atoms with E-state index in [-0.39, 0.29) is 57.2 Å². The quantitative estimate of drug-likeness (QED) is 0.0173. The van der Waals surface area contributed by atoms with Crippen LogP contribution in [0.1, 0.15) is 199 Å². The fraction of sp³-hybridized carbons (Fsp3) is 0.322. The number of hydrogen-bond donors (Lipinski definition) is 8. The first-order chi connectivity index (χ1) is 64.4. The molecule has 0 aromatic heterocycles. The predicted molar refractivity (Wildman–Crippen MR) is 538 cm³/mol. The van der Waals surface area contributed by atoms with Crippen molar-refractivity contribution in [1.82, 2.24) is 9.80 Å². The molecule has 12 aromatic rings. The predicted octanol–water partition coefficient (Wildman–Crippen LogP) is 23.5. The van der Waals surface area contributed by atoms with Gasteiger partial charge in [0, 0.05) is 76.9 Å². The maximum Gasteiger partial charge on any atom is 0.119 e. The molecule has 5 fully saturated rings. The number of hydrogen-bond acceptors (Lipinski definition) is 13. The number of likely N-dealkylation sites (tertiary alicyclic amines) is 2. The van der Waals surface area contributed by atoms with Crippen LogP contribution < -0.4 is 14.4 Å². The highest BCUT2D eigenvalue weighted by Gasteiger charge is 2.51. The number of aliphatic hydroxyl groups excluding tert-OH is 6. The zero-order valence-electron chi connectivity index (χ0n) is 76.6. The molecule has 2 aliphatic carbocycles. The lowest BCUT2D eigenvalue weighted by Gasteiger charge is -2.29. The van der Waals surface area contributed by atoms with Crippen LogP contribution in [-0.2, 0) is 0 Å². The number of aromatic hydroxyl groups is 2. The number of piperidine rings is 2. The number of anilines is 1. The fourth-order valence-corrected chi connectivity index (χ4v) is 19.2. The molecule has 0 bridgehead atoms. The van der Waals surface area contributed by atoms with Crippen molar-refractivity contribution < 1.29 is 50.3 Å². The molecule has 13 nitrogen and oxygen atoms in total. The number of ether oxygens (including phenoxy) is 2. The van der Waals surface area contributed by atoms with E-state index in [1.807, 2.05) is 84.9 Å². The molecule has 0 spiro atoms.